The number of hydrogen-bond donors (Lipinski definition) is 0. The van der Waals surface area contributed by atoms with Crippen LogP contribution < -0.4 is 0 Å². The topological polar surface area (TPSA) is 24.7 Å². The summed E-state index contributed by atoms with van der Waals surface area (Å²) in [6.45, 7) is 9.02. The van der Waals surface area contributed by atoms with Crippen LogP contribution in [0.1, 0.15) is 53.4 Å². The van der Waals surface area contributed by atoms with Gasteiger partial charge in [-0.15, -0.1) is 0 Å². The van der Waals surface area contributed by atoms with E-state index in [0.717, 1.165) is 24.7 Å². The highest BCUT2D eigenvalue weighted by molar-refractivity contribution is 5.09. The van der Waals surface area contributed by atoms with Crippen molar-refractivity contribution in [2.75, 3.05) is 0 Å². The molecule has 0 aromatic heterocycles. The lowest BCUT2D eigenvalue weighted by atomic mass is 10.0. The number of hydrogen-bond acceptors (Lipinski definition) is 2. The third-order valence-electron chi connectivity index (χ3n) is 2.74. The molecule has 0 N–H and O–H groups in total. The van der Waals surface area contributed by atoms with Crippen LogP contribution in [0.3, 0.4) is 0 Å². The fraction of sp³-hybridized carbons (Fsp3) is 0.846. The van der Waals surface area contributed by atoms with Gasteiger partial charge < -0.3 is 0 Å². The Morgan fingerprint density at radius 3 is 2.40 bits per heavy atom. The molecule has 1 aliphatic heterocycles. The fourth-order valence-corrected chi connectivity index (χ4v) is 1.65. The molecule has 0 radical (unpaired) electrons. The van der Waals surface area contributed by atoms with E-state index in [0.29, 0.717) is 6.04 Å². The summed E-state index contributed by atoms with van der Waals surface area (Å²) in [7, 11) is 0. The third-order valence-corrected chi connectivity index (χ3v) is 2.74. The van der Waals surface area contributed by atoms with E-state index >= 15 is 0 Å². The average molecular weight is 208 g/mol. The van der Waals surface area contributed by atoms with E-state index in [4.69, 9.17) is 0 Å². The van der Waals surface area contributed by atoms with Crippen molar-refractivity contribution in [1.82, 2.24) is 0 Å². The quantitative estimate of drug-likeness (QED) is 0.610. The Balaban J connectivity index is 2.26. The van der Waals surface area contributed by atoms with Gasteiger partial charge in [0.25, 0.3) is 0 Å². The van der Waals surface area contributed by atoms with Crippen LogP contribution in [0.4, 0.5) is 0 Å². The van der Waals surface area contributed by atoms with Gasteiger partial charge in [0.2, 0.25) is 0 Å². The van der Waals surface area contributed by atoms with Crippen LogP contribution in [-0.2, 0) is 0 Å². The predicted molar refractivity (Wildman–Crippen MR) is 64.9 cm³/mol. The molecule has 2 nitrogen and oxygen atoms in total. The molecule has 86 valence electrons. The second-order valence-electron chi connectivity index (χ2n) is 5.34. The zero-order chi connectivity index (χ0) is 11.3. The van der Waals surface area contributed by atoms with Crippen LogP contribution in [-0.4, -0.2) is 6.04 Å². The van der Waals surface area contributed by atoms with Gasteiger partial charge in [-0.05, 0) is 43.6 Å². The molecule has 1 atom stereocenters. The molecule has 0 bridgehead atoms. The van der Waals surface area contributed by atoms with Crippen molar-refractivity contribution in [2.45, 2.75) is 59.4 Å². The van der Waals surface area contributed by atoms with Gasteiger partial charge in [0, 0.05) is 0 Å². The first-order valence-corrected chi connectivity index (χ1v) is 6.19. The second-order valence-corrected chi connectivity index (χ2v) is 5.34. The van der Waals surface area contributed by atoms with E-state index < -0.39 is 0 Å². The van der Waals surface area contributed by atoms with Crippen LogP contribution in [0.2, 0.25) is 0 Å². The minimum Gasteiger partial charge on any atom is -0.181 e. The zero-order valence-electron chi connectivity index (χ0n) is 10.5. The molecule has 0 aromatic rings. The molecular formula is C13H24N2. The van der Waals surface area contributed by atoms with E-state index in [-0.39, 0.29) is 0 Å². The van der Waals surface area contributed by atoms with Gasteiger partial charge in [-0.2, -0.15) is 10.2 Å². The Kier molecular flexibility index (Phi) is 5.00. The predicted octanol–water partition coefficient (Wildman–Crippen LogP) is 4.58. The first-order valence-electron chi connectivity index (χ1n) is 6.19. The molecule has 1 unspecified atom stereocenters. The maximum atomic E-state index is 4.30. The van der Waals surface area contributed by atoms with Crippen molar-refractivity contribution in [2.24, 2.45) is 22.1 Å². The summed E-state index contributed by atoms with van der Waals surface area (Å²) in [6.07, 6.45) is 6.98. The summed E-state index contributed by atoms with van der Waals surface area (Å²) in [4.78, 5) is 0. The van der Waals surface area contributed by atoms with Crippen LogP contribution in [0.5, 0.6) is 0 Å². The molecule has 1 rings (SSSR count). The lowest BCUT2D eigenvalue weighted by Gasteiger charge is -2.05. The number of azo groups is 1. The molecular weight excluding hydrogens is 184 g/mol. The Morgan fingerprint density at radius 2 is 1.80 bits per heavy atom. The first-order chi connectivity index (χ1) is 7.08. The molecule has 1 aliphatic rings. The van der Waals surface area contributed by atoms with E-state index in [2.05, 4.69) is 44.0 Å². The first kappa shape index (κ1) is 12.4. The molecule has 0 fully saturated rings. The van der Waals surface area contributed by atoms with Gasteiger partial charge >= 0.3 is 0 Å². The minimum atomic E-state index is 0.370. The van der Waals surface area contributed by atoms with Crippen molar-refractivity contribution in [1.29, 1.82) is 0 Å². The summed E-state index contributed by atoms with van der Waals surface area (Å²) < 4.78 is 0. The third kappa shape index (κ3) is 5.10. The van der Waals surface area contributed by atoms with Crippen LogP contribution in [0, 0.1) is 11.8 Å². The Hall–Kier alpha value is -0.660. The molecule has 2 heteroatoms. The molecule has 0 aromatic carbocycles. The average Bonchev–Trinajstić information content (AvgIpc) is 2.59. The highest BCUT2D eigenvalue weighted by Gasteiger charge is 2.13. The fourth-order valence-electron chi connectivity index (χ4n) is 1.65. The van der Waals surface area contributed by atoms with Crippen molar-refractivity contribution in [3.8, 4) is 0 Å². The van der Waals surface area contributed by atoms with E-state index in [1.54, 1.807) is 0 Å². The number of nitrogens with zero attached hydrogens (tertiary/aromatic N) is 2. The van der Waals surface area contributed by atoms with E-state index in [9.17, 15) is 0 Å². The standard InChI is InChI=1S/C13H24N2/c1-10(2)5-7-12-9-13(15-14-12)8-6-11(3)4/h9-12H,5-8H2,1-4H3. The van der Waals surface area contributed by atoms with Gasteiger partial charge in [-0.3, -0.25) is 0 Å². The van der Waals surface area contributed by atoms with Crippen molar-refractivity contribution in [3.05, 3.63) is 11.8 Å². The number of allylic oxidation sites excluding steroid dienone is 1. The normalized spacial score (nSPS) is 20.4. The summed E-state index contributed by atoms with van der Waals surface area (Å²) in [6, 6.07) is 0.370. The maximum Gasteiger partial charge on any atom is 0.0914 e. The molecule has 0 aliphatic carbocycles. The SMILES string of the molecule is CC(C)CCC1=CC(CCC(C)C)N=N1. The largest absolute Gasteiger partial charge is 0.181 e. The highest BCUT2D eigenvalue weighted by Crippen LogP contribution is 2.23. The van der Waals surface area contributed by atoms with Gasteiger partial charge in [0.1, 0.15) is 0 Å². The smallest absolute Gasteiger partial charge is 0.0914 e. The Bertz CT molecular complexity index is 239. The van der Waals surface area contributed by atoms with E-state index in [1.807, 2.05) is 0 Å². The maximum absolute atomic E-state index is 4.30. The summed E-state index contributed by atoms with van der Waals surface area (Å²) in [5.41, 5.74) is 1.21. The highest BCUT2D eigenvalue weighted by atomic mass is 15.1. The summed E-state index contributed by atoms with van der Waals surface area (Å²) in [5.74, 6) is 1.53. The lowest BCUT2D eigenvalue weighted by Crippen LogP contribution is -1.99. The molecule has 0 saturated carbocycles. The lowest BCUT2D eigenvalue weighted by molar-refractivity contribution is 0.531. The Labute approximate surface area is 93.9 Å². The van der Waals surface area contributed by atoms with E-state index in [1.165, 1.54) is 18.5 Å². The second kappa shape index (κ2) is 6.04. The molecule has 0 spiro atoms. The monoisotopic (exact) mass is 208 g/mol. The molecule has 1 heterocycles. The Morgan fingerprint density at radius 1 is 1.13 bits per heavy atom. The molecule has 15 heavy (non-hydrogen) atoms. The zero-order valence-corrected chi connectivity index (χ0v) is 10.5. The minimum absolute atomic E-state index is 0.370. The van der Waals surface area contributed by atoms with Crippen LogP contribution >= 0.6 is 0 Å². The summed E-state index contributed by atoms with van der Waals surface area (Å²) in [5, 5.41) is 8.55. The van der Waals surface area contributed by atoms with Gasteiger partial charge in [0.05, 0.1) is 11.7 Å². The van der Waals surface area contributed by atoms with Crippen molar-refractivity contribution >= 4 is 0 Å². The molecule has 0 saturated heterocycles. The van der Waals surface area contributed by atoms with Crippen molar-refractivity contribution in [3.63, 3.8) is 0 Å². The number of rotatable bonds is 6. The van der Waals surface area contributed by atoms with Gasteiger partial charge in [-0.25, -0.2) is 0 Å². The van der Waals surface area contributed by atoms with Crippen LogP contribution in [0.15, 0.2) is 22.0 Å². The molecule has 0 amide bonds. The van der Waals surface area contributed by atoms with Gasteiger partial charge in [-0.1, -0.05) is 27.7 Å². The summed E-state index contributed by atoms with van der Waals surface area (Å²) >= 11 is 0. The van der Waals surface area contributed by atoms with Crippen molar-refractivity contribution < 1.29 is 0 Å². The van der Waals surface area contributed by atoms with Gasteiger partial charge in [0.15, 0.2) is 0 Å². The van der Waals surface area contributed by atoms with Crippen LogP contribution in [0.25, 0.3) is 0 Å².